The van der Waals surface area contributed by atoms with Gasteiger partial charge in [-0.25, -0.2) is 0 Å². The molecule has 1 aromatic heterocycles. The van der Waals surface area contributed by atoms with Crippen molar-refractivity contribution in [2.75, 3.05) is 7.05 Å². The van der Waals surface area contributed by atoms with Crippen molar-refractivity contribution in [1.82, 2.24) is 4.98 Å². The number of aliphatic imine (C=N–C) groups is 1. The maximum absolute atomic E-state index is 5.47. The Bertz CT molecular complexity index is 530. The molecule has 4 heteroatoms. The van der Waals surface area contributed by atoms with Crippen molar-refractivity contribution in [3.8, 4) is 0 Å². The van der Waals surface area contributed by atoms with Crippen molar-refractivity contribution >= 4 is 24.9 Å². The molecule has 0 aliphatic heterocycles. The molecule has 0 unspecified atom stereocenters. The molecule has 0 fully saturated rings. The van der Waals surface area contributed by atoms with Gasteiger partial charge in [-0.1, -0.05) is 38.6 Å². The van der Waals surface area contributed by atoms with E-state index in [1.54, 1.807) is 19.3 Å². The fourth-order valence-electron chi connectivity index (χ4n) is 1.50. The molecule has 3 nitrogen and oxygen atoms in total. The molecule has 0 bridgehead atoms. The van der Waals surface area contributed by atoms with Gasteiger partial charge in [-0.05, 0) is 24.3 Å². The topological polar surface area (TPSA) is 54.2 Å². The summed E-state index contributed by atoms with van der Waals surface area (Å²) in [5.41, 5.74) is 8.48. The summed E-state index contributed by atoms with van der Waals surface area (Å²) in [6.07, 6.45) is 3.54. The van der Waals surface area contributed by atoms with Crippen LogP contribution in [0, 0.1) is 0 Å². The minimum absolute atomic E-state index is 0.512. The Morgan fingerprint density at radius 2 is 1.90 bits per heavy atom. The van der Waals surface area contributed by atoms with E-state index in [9.17, 15) is 0 Å². The molecule has 0 amide bonds. The average Bonchev–Trinajstić information content (AvgIpc) is 2.93. The SMILES string of the molecule is C=Cc1[nH]c(CN)cc1C=NC.CC.Sc1ccccc1. The summed E-state index contributed by atoms with van der Waals surface area (Å²) in [5.74, 6) is 0. The summed E-state index contributed by atoms with van der Waals surface area (Å²) in [5, 5.41) is 0. The molecule has 2 aromatic rings. The molecule has 21 heavy (non-hydrogen) atoms. The molecule has 3 N–H and O–H groups in total. The zero-order valence-electron chi connectivity index (χ0n) is 13.0. The number of thiol groups is 1. The number of hydrogen-bond acceptors (Lipinski definition) is 3. The Labute approximate surface area is 133 Å². The molecule has 1 aromatic carbocycles. The Hall–Kier alpha value is -1.78. The lowest BCUT2D eigenvalue weighted by Crippen LogP contribution is -1.95. The molecule has 0 aliphatic carbocycles. The third-order valence-corrected chi connectivity index (χ3v) is 2.68. The van der Waals surface area contributed by atoms with Gasteiger partial charge in [-0.15, -0.1) is 12.6 Å². The molecule has 1 heterocycles. The first-order valence-electron chi connectivity index (χ1n) is 6.91. The van der Waals surface area contributed by atoms with Crippen LogP contribution in [0.2, 0.25) is 0 Å². The van der Waals surface area contributed by atoms with Gasteiger partial charge in [-0.3, -0.25) is 4.99 Å². The lowest BCUT2D eigenvalue weighted by molar-refractivity contribution is 1.01. The number of nitrogens with zero attached hydrogens (tertiary/aromatic N) is 1. The van der Waals surface area contributed by atoms with E-state index in [0.29, 0.717) is 6.54 Å². The summed E-state index contributed by atoms with van der Waals surface area (Å²) in [7, 11) is 1.74. The number of nitrogens with one attached hydrogen (secondary N) is 1. The first-order valence-corrected chi connectivity index (χ1v) is 7.36. The van der Waals surface area contributed by atoms with Crippen molar-refractivity contribution in [1.29, 1.82) is 0 Å². The van der Waals surface area contributed by atoms with Gasteiger partial charge in [0.1, 0.15) is 0 Å². The average molecular weight is 303 g/mol. The van der Waals surface area contributed by atoms with Crippen LogP contribution in [0.25, 0.3) is 6.08 Å². The van der Waals surface area contributed by atoms with Crippen LogP contribution in [0.5, 0.6) is 0 Å². The van der Waals surface area contributed by atoms with Crippen LogP contribution in [-0.4, -0.2) is 18.2 Å². The number of hydrogen-bond donors (Lipinski definition) is 3. The van der Waals surface area contributed by atoms with E-state index >= 15 is 0 Å². The maximum Gasteiger partial charge on any atom is 0.0465 e. The van der Waals surface area contributed by atoms with E-state index in [-0.39, 0.29) is 0 Å². The van der Waals surface area contributed by atoms with Crippen LogP contribution in [0.1, 0.15) is 30.8 Å². The molecule has 0 spiro atoms. The predicted molar refractivity (Wildman–Crippen MR) is 97.3 cm³/mol. The van der Waals surface area contributed by atoms with Gasteiger partial charge in [0.15, 0.2) is 0 Å². The van der Waals surface area contributed by atoms with Gasteiger partial charge in [0.05, 0.1) is 0 Å². The molecule has 0 saturated carbocycles. The Morgan fingerprint density at radius 1 is 1.29 bits per heavy atom. The van der Waals surface area contributed by atoms with E-state index < -0.39 is 0 Å². The second-order valence-corrected chi connectivity index (χ2v) is 4.31. The first kappa shape index (κ1) is 19.2. The van der Waals surface area contributed by atoms with Crippen molar-refractivity contribution < 1.29 is 0 Å². The molecule has 2 rings (SSSR count). The van der Waals surface area contributed by atoms with Crippen molar-refractivity contribution in [3.63, 3.8) is 0 Å². The fraction of sp³-hybridized carbons (Fsp3) is 0.235. The van der Waals surface area contributed by atoms with E-state index in [1.807, 2.05) is 50.2 Å². The highest BCUT2D eigenvalue weighted by atomic mass is 32.1. The summed E-state index contributed by atoms with van der Waals surface area (Å²) in [4.78, 5) is 8.08. The van der Waals surface area contributed by atoms with E-state index in [1.165, 1.54) is 0 Å². The number of benzene rings is 1. The zero-order chi connectivity index (χ0) is 16.1. The minimum Gasteiger partial charge on any atom is -0.357 e. The first-order chi connectivity index (χ1) is 10.2. The van der Waals surface area contributed by atoms with Crippen molar-refractivity contribution in [2.45, 2.75) is 25.3 Å². The van der Waals surface area contributed by atoms with Crippen LogP contribution >= 0.6 is 12.6 Å². The Kier molecular flexibility index (Phi) is 11.0. The predicted octanol–water partition coefficient (Wildman–Crippen LogP) is 4.17. The fourth-order valence-corrected chi connectivity index (χ4v) is 1.67. The quantitative estimate of drug-likeness (QED) is 0.578. The molecular formula is C17H25N3S. The van der Waals surface area contributed by atoms with Gasteiger partial charge in [-0.2, -0.15) is 0 Å². The van der Waals surface area contributed by atoms with E-state index in [0.717, 1.165) is 21.8 Å². The summed E-state index contributed by atoms with van der Waals surface area (Å²) in [6, 6.07) is 11.8. The van der Waals surface area contributed by atoms with Gasteiger partial charge >= 0.3 is 0 Å². The zero-order valence-corrected chi connectivity index (χ0v) is 13.9. The van der Waals surface area contributed by atoms with Crippen molar-refractivity contribution in [2.24, 2.45) is 10.7 Å². The lowest BCUT2D eigenvalue weighted by Gasteiger charge is -1.88. The Morgan fingerprint density at radius 3 is 2.29 bits per heavy atom. The molecule has 0 radical (unpaired) electrons. The number of aromatic amines is 1. The van der Waals surface area contributed by atoms with Crippen LogP contribution < -0.4 is 5.73 Å². The minimum atomic E-state index is 0.512. The monoisotopic (exact) mass is 303 g/mol. The second-order valence-electron chi connectivity index (χ2n) is 3.79. The normalized spacial score (nSPS) is 9.38. The molecular weight excluding hydrogens is 278 g/mol. The molecule has 0 aliphatic rings. The summed E-state index contributed by atoms with van der Waals surface area (Å²) in [6.45, 7) is 8.20. The Balaban J connectivity index is 0.000000377. The highest BCUT2D eigenvalue weighted by Crippen LogP contribution is 2.09. The number of nitrogens with two attached hydrogens (primary N) is 1. The summed E-state index contributed by atoms with van der Waals surface area (Å²) < 4.78 is 0. The number of aromatic nitrogens is 1. The van der Waals surface area contributed by atoms with Crippen LogP contribution in [0.4, 0.5) is 0 Å². The third kappa shape index (κ3) is 7.54. The van der Waals surface area contributed by atoms with E-state index in [2.05, 4.69) is 29.2 Å². The highest BCUT2D eigenvalue weighted by Gasteiger charge is 2.00. The van der Waals surface area contributed by atoms with Gasteiger partial charge in [0, 0.05) is 41.7 Å². The summed E-state index contributed by atoms with van der Waals surface area (Å²) >= 11 is 4.08. The van der Waals surface area contributed by atoms with Crippen molar-refractivity contribution in [3.05, 3.63) is 59.9 Å². The lowest BCUT2D eigenvalue weighted by atomic mass is 10.2. The molecule has 0 atom stereocenters. The highest BCUT2D eigenvalue weighted by molar-refractivity contribution is 7.80. The molecule has 114 valence electrons. The van der Waals surface area contributed by atoms with Crippen LogP contribution in [0.15, 0.2) is 52.9 Å². The van der Waals surface area contributed by atoms with Gasteiger partial charge in [0.25, 0.3) is 0 Å². The van der Waals surface area contributed by atoms with Gasteiger partial charge in [0.2, 0.25) is 0 Å². The number of H-pyrrole nitrogens is 1. The molecule has 0 saturated heterocycles. The maximum atomic E-state index is 5.47. The van der Waals surface area contributed by atoms with Crippen LogP contribution in [-0.2, 0) is 6.54 Å². The standard InChI is InChI=1S/C9H13N3.C6H6S.C2H6/c1-3-9-7(6-11-2)4-8(5-10)12-9;7-6-4-2-1-3-5-6;1-2/h3-4,6,12H,1,5,10H2,2H3;1-5,7H;1-2H3. The smallest absolute Gasteiger partial charge is 0.0465 e. The largest absolute Gasteiger partial charge is 0.357 e. The van der Waals surface area contributed by atoms with Crippen LogP contribution in [0.3, 0.4) is 0 Å². The van der Waals surface area contributed by atoms with Gasteiger partial charge < -0.3 is 10.7 Å². The second kappa shape index (κ2) is 12.0. The number of rotatable bonds is 3. The third-order valence-electron chi connectivity index (χ3n) is 2.38. The van der Waals surface area contributed by atoms with E-state index in [4.69, 9.17) is 5.73 Å².